The molecule has 0 amide bonds. The van der Waals surface area contributed by atoms with Crippen molar-refractivity contribution in [2.24, 2.45) is 5.92 Å². The lowest BCUT2D eigenvalue weighted by Gasteiger charge is -2.46. The fourth-order valence-corrected chi connectivity index (χ4v) is 4.66. The van der Waals surface area contributed by atoms with Gasteiger partial charge in [0.2, 0.25) is 0 Å². The van der Waals surface area contributed by atoms with Gasteiger partial charge in [-0.3, -0.25) is 0 Å². The lowest BCUT2D eigenvalue weighted by Crippen LogP contribution is -2.51. The van der Waals surface area contributed by atoms with E-state index in [1.54, 1.807) is 0 Å². The van der Waals surface area contributed by atoms with Crippen molar-refractivity contribution in [3.05, 3.63) is 0 Å². The van der Waals surface area contributed by atoms with Gasteiger partial charge in [-0.1, -0.05) is 56.6 Å². The molecule has 0 spiro atoms. The van der Waals surface area contributed by atoms with Crippen LogP contribution in [0, 0.1) is 5.92 Å². The van der Waals surface area contributed by atoms with Gasteiger partial charge in [0.25, 0.3) is 0 Å². The number of likely N-dealkylation sites (tertiary alicyclic amines) is 1. The molecule has 1 nitrogen and oxygen atoms in total. The molecule has 0 radical (unpaired) electrons. The van der Waals surface area contributed by atoms with Crippen LogP contribution in [-0.2, 0) is 0 Å². The number of thiocarbonyl (C=S) groups is 1. The van der Waals surface area contributed by atoms with Crippen LogP contribution in [0.25, 0.3) is 0 Å². The van der Waals surface area contributed by atoms with Crippen molar-refractivity contribution in [2.45, 2.75) is 89.5 Å². The number of hydrogen-bond donors (Lipinski definition) is 0. The summed E-state index contributed by atoms with van der Waals surface area (Å²) in [4.78, 5) is 3.83. The molecule has 3 unspecified atom stereocenters. The standard InChI is InChI=1S/C16H30BNS/c1-12(2)18-15-8-6-4-3-5-7-14(17)11-13(15)9-10-16(18)19/h12-15H,3-11,17H2,1-2H3. The van der Waals surface area contributed by atoms with E-state index in [2.05, 4.69) is 26.6 Å². The van der Waals surface area contributed by atoms with Gasteiger partial charge in [-0.05, 0) is 39.0 Å². The Morgan fingerprint density at radius 3 is 2.47 bits per heavy atom. The summed E-state index contributed by atoms with van der Waals surface area (Å²) in [5.41, 5.74) is 0. The topological polar surface area (TPSA) is 3.24 Å². The Morgan fingerprint density at radius 2 is 1.79 bits per heavy atom. The van der Waals surface area contributed by atoms with Crippen LogP contribution >= 0.6 is 12.2 Å². The summed E-state index contributed by atoms with van der Waals surface area (Å²) in [5.74, 6) is 1.80. The molecule has 19 heavy (non-hydrogen) atoms. The van der Waals surface area contributed by atoms with E-state index in [1.165, 1.54) is 56.4 Å². The first-order valence-corrected chi connectivity index (χ1v) is 8.81. The second-order valence-electron chi connectivity index (χ2n) is 7.09. The third kappa shape index (κ3) is 3.96. The zero-order valence-electron chi connectivity index (χ0n) is 13.0. The van der Waals surface area contributed by atoms with Crippen molar-refractivity contribution in [3.63, 3.8) is 0 Å². The summed E-state index contributed by atoms with van der Waals surface area (Å²) < 4.78 is 0. The molecule has 1 aliphatic carbocycles. The molecule has 0 bridgehead atoms. The maximum Gasteiger partial charge on any atom is 0.105 e. The molecule has 2 fully saturated rings. The first-order valence-electron chi connectivity index (χ1n) is 8.40. The molecule has 0 aromatic carbocycles. The molecule has 3 atom stereocenters. The molecular formula is C16H30BNS. The minimum Gasteiger partial charge on any atom is -0.360 e. The zero-order chi connectivity index (χ0) is 13.8. The van der Waals surface area contributed by atoms with Gasteiger partial charge in [0.05, 0.1) is 4.99 Å². The number of nitrogens with zero attached hydrogens (tertiary/aromatic N) is 1. The smallest absolute Gasteiger partial charge is 0.105 e. The molecule has 3 heteroatoms. The third-order valence-electron chi connectivity index (χ3n) is 5.13. The van der Waals surface area contributed by atoms with Gasteiger partial charge in [-0.2, -0.15) is 0 Å². The molecule has 108 valence electrons. The van der Waals surface area contributed by atoms with Crippen LogP contribution < -0.4 is 0 Å². The monoisotopic (exact) mass is 279 g/mol. The number of hydrogen-bond acceptors (Lipinski definition) is 1. The third-order valence-corrected chi connectivity index (χ3v) is 5.54. The Balaban J connectivity index is 2.12. The van der Waals surface area contributed by atoms with Gasteiger partial charge in [-0.25, -0.2) is 0 Å². The van der Waals surface area contributed by atoms with E-state index < -0.39 is 0 Å². The molecular weight excluding hydrogens is 249 g/mol. The highest BCUT2D eigenvalue weighted by atomic mass is 32.1. The molecule has 1 saturated heterocycles. The highest BCUT2D eigenvalue weighted by molar-refractivity contribution is 7.80. The Bertz CT molecular complexity index is 305. The fraction of sp³-hybridized carbons (Fsp3) is 0.938. The van der Waals surface area contributed by atoms with Crippen molar-refractivity contribution in [1.82, 2.24) is 4.90 Å². The molecule has 1 aliphatic heterocycles. The van der Waals surface area contributed by atoms with Crippen LogP contribution in [-0.4, -0.2) is 29.8 Å². The quantitative estimate of drug-likeness (QED) is 0.528. The van der Waals surface area contributed by atoms with Crippen LogP contribution in [0.4, 0.5) is 0 Å². The van der Waals surface area contributed by atoms with Gasteiger partial charge in [0.15, 0.2) is 0 Å². The zero-order valence-corrected chi connectivity index (χ0v) is 13.8. The Hall–Kier alpha value is -0.0451. The molecule has 1 saturated carbocycles. The molecule has 0 aromatic rings. The number of fused-ring (bicyclic) bond motifs is 1. The van der Waals surface area contributed by atoms with E-state index >= 15 is 0 Å². The second kappa shape index (κ2) is 7.10. The van der Waals surface area contributed by atoms with Crippen LogP contribution in [0.1, 0.15) is 71.6 Å². The minimum absolute atomic E-state index is 0.582. The highest BCUT2D eigenvalue weighted by Gasteiger charge is 2.35. The van der Waals surface area contributed by atoms with E-state index in [1.807, 2.05) is 0 Å². The molecule has 2 aliphatic rings. The second-order valence-corrected chi connectivity index (χ2v) is 7.56. The first-order chi connectivity index (χ1) is 9.09. The fourth-order valence-electron chi connectivity index (χ4n) is 4.20. The van der Waals surface area contributed by atoms with Crippen LogP contribution in [0.3, 0.4) is 0 Å². The van der Waals surface area contributed by atoms with Crippen molar-refractivity contribution in [1.29, 1.82) is 0 Å². The average Bonchev–Trinajstić information content (AvgIpc) is 2.36. The van der Waals surface area contributed by atoms with Crippen LogP contribution in [0.2, 0.25) is 5.82 Å². The van der Waals surface area contributed by atoms with Crippen molar-refractivity contribution >= 4 is 25.1 Å². The SMILES string of the molecule is BC1CCCCCCC2C(CCC(=S)N2C(C)C)C1. The van der Waals surface area contributed by atoms with E-state index in [-0.39, 0.29) is 0 Å². The van der Waals surface area contributed by atoms with Gasteiger partial charge in [0.1, 0.15) is 7.85 Å². The normalized spacial score (nSPS) is 34.2. The summed E-state index contributed by atoms with van der Waals surface area (Å²) in [6.45, 7) is 4.63. The van der Waals surface area contributed by atoms with Crippen molar-refractivity contribution in [3.8, 4) is 0 Å². The lowest BCUT2D eigenvalue weighted by atomic mass is 9.71. The van der Waals surface area contributed by atoms with Crippen molar-refractivity contribution < 1.29 is 0 Å². The molecule has 2 rings (SSSR count). The van der Waals surface area contributed by atoms with E-state index in [0.717, 1.165) is 24.2 Å². The van der Waals surface area contributed by atoms with Crippen LogP contribution in [0.5, 0.6) is 0 Å². The Morgan fingerprint density at radius 1 is 1.11 bits per heavy atom. The molecule has 0 N–H and O–H groups in total. The first kappa shape index (κ1) is 15.3. The van der Waals surface area contributed by atoms with E-state index in [4.69, 9.17) is 12.2 Å². The summed E-state index contributed by atoms with van der Waals surface area (Å²) in [6, 6.07) is 1.32. The Kier molecular flexibility index (Phi) is 5.74. The Labute approximate surface area is 125 Å². The van der Waals surface area contributed by atoms with E-state index in [0.29, 0.717) is 6.04 Å². The molecule has 0 aromatic heterocycles. The predicted octanol–water partition coefficient (Wildman–Crippen LogP) is 3.97. The summed E-state index contributed by atoms with van der Waals surface area (Å²) >= 11 is 5.67. The number of rotatable bonds is 1. The van der Waals surface area contributed by atoms with Gasteiger partial charge in [-0.15, -0.1) is 0 Å². The largest absolute Gasteiger partial charge is 0.360 e. The summed E-state index contributed by atoms with van der Waals surface area (Å²) in [5, 5.41) is 0. The predicted molar refractivity (Wildman–Crippen MR) is 90.7 cm³/mol. The van der Waals surface area contributed by atoms with Crippen LogP contribution in [0.15, 0.2) is 0 Å². The number of piperidine rings is 1. The van der Waals surface area contributed by atoms with Gasteiger partial charge in [0, 0.05) is 12.1 Å². The molecule has 1 heterocycles. The van der Waals surface area contributed by atoms with Crippen molar-refractivity contribution in [2.75, 3.05) is 0 Å². The summed E-state index contributed by atoms with van der Waals surface area (Å²) in [6.07, 6.45) is 12.5. The maximum atomic E-state index is 5.67. The minimum atomic E-state index is 0.582. The maximum absolute atomic E-state index is 5.67. The highest BCUT2D eigenvalue weighted by Crippen LogP contribution is 2.37. The lowest BCUT2D eigenvalue weighted by molar-refractivity contribution is 0.139. The average molecular weight is 279 g/mol. The summed E-state index contributed by atoms with van der Waals surface area (Å²) in [7, 11) is 2.46. The van der Waals surface area contributed by atoms with Gasteiger partial charge < -0.3 is 4.90 Å². The van der Waals surface area contributed by atoms with Gasteiger partial charge >= 0.3 is 0 Å². The van der Waals surface area contributed by atoms with E-state index in [9.17, 15) is 0 Å².